The standard InChI is InChI=1S/C23H27N7/c1-29-9-6-15(7-10-29)12-24-23-25-13-19-17(4-5-20(19)28-23)21-8-11-30-22(27-21)18(14-26-30)16-2-3-16/h4,8,11,13-16H,2-3,5-7,9-10,12H2,1H3,(H,24,25,28). The van der Waals surface area contributed by atoms with Crippen LogP contribution in [0.5, 0.6) is 0 Å². The van der Waals surface area contributed by atoms with Gasteiger partial charge in [0.05, 0.1) is 17.6 Å². The first-order valence-corrected chi connectivity index (χ1v) is 11.1. The monoisotopic (exact) mass is 401 g/mol. The third kappa shape index (κ3) is 3.27. The SMILES string of the molecule is CN1CCC(CNc2ncc3c(n2)CC=C3c2ccn3ncc(C4CC4)c3n2)CC1. The maximum atomic E-state index is 4.96. The highest BCUT2D eigenvalue weighted by Gasteiger charge is 2.28. The molecule has 0 unspecified atom stereocenters. The molecule has 0 atom stereocenters. The zero-order valence-electron chi connectivity index (χ0n) is 17.4. The number of piperidine rings is 1. The predicted molar refractivity (Wildman–Crippen MR) is 116 cm³/mol. The van der Waals surface area contributed by atoms with Crippen LogP contribution in [0.3, 0.4) is 0 Å². The molecular formula is C23H27N7. The van der Waals surface area contributed by atoms with E-state index < -0.39 is 0 Å². The maximum absolute atomic E-state index is 4.96. The second-order valence-electron chi connectivity index (χ2n) is 8.96. The Morgan fingerprint density at radius 3 is 2.80 bits per heavy atom. The van der Waals surface area contributed by atoms with Gasteiger partial charge in [0, 0.05) is 42.1 Å². The summed E-state index contributed by atoms with van der Waals surface area (Å²) in [6, 6.07) is 2.05. The van der Waals surface area contributed by atoms with Crippen molar-refractivity contribution in [2.45, 2.75) is 38.0 Å². The number of nitrogens with one attached hydrogen (secondary N) is 1. The molecule has 3 aliphatic rings. The van der Waals surface area contributed by atoms with Crippen molar-refractivity contribution in [3.63, 3.8) is 0 Å². The number of rotatable bonds is 5. The molecule has 0 amide bonds. The lowest BCUT2D eigenvalue weighted by atomic mass is 9.97. The Hall–Kier alpha value is -2.80. The lowest BCUT2D eigenvalue weighted by molar-refractivity contribution is 0.226. The first-order chi connectivity index (χ1) is 14.7. The van der Waals surface area contributed by atoms with Gasteiger partial charge in [0.1, 0.15) is 0 Å². The highest BCUT2D eigenvalue weighted by atomic mass is 15.2. The van der Waals surface area contributed by atoms with Gasteiger partial charge in [-0.3, -0.25) is 0 Å². The maximum Gasteiger partial charge on any atom is 0.222 e. The van der Waals surface area contributed by atoms with Crippen molar-refractivity contribution >= 4 is 17.2 Å². The number of likely N-dealkylation sites (tertiary alicyclic amines) is 1. The average Bonchev–Trinajstić information content (AvgIpc) is 3.39. The van der Waals surface area contributed by atoms with Gasteiger partial charge in [-0.15, -0.1) is 0 Å². The molecule has 3 aromatic rings. The van der Waals surface area contributed by atoms with Gasteiger partial charge in [-0.05, 0) is 63.7 Å². The molecule has 0 aromatic carbocycles. The Balaban J connectivity index is 1.20. The first kappa shape index (κ1) is 18.0. The molecule has 1 saturated heterocycles. The number of nitrogens with zero attached hydrogens (tertiary/aromatic N) is 6. The lowest BCUT2D eigenvalue weighted by Gasteiger charge is -2.28. The van der Waals surface area contributed by atoms with Gasteiger partial charge < -0.3 is 10.2 Å². The zero-order valence-corrected chi connectivity index (χ0v) is 17.4. The molecule has 3 aromatic heterocycles. The minimum atomic E-state index is 0.636. The van der Waals surface area contributed by atoms with Crippen LogP contribution in [0.15, 0.2) is 30.7 Å². The summed E-state index contributed by atoms with van der Waals surface area (Å²) in [6.07, 6.45) is 14.0. The molecule has 0 radical (unpaired) electrons. The van der Waals surface area contributed by atoms with E-state index >= 15 is 0 Å². The normalized spacial score (nSPS) is 19.8. The molecular weight excluding hydrogens is 374 g/mol. The van der Waals surface area contributed by atoms with E-state index in [1.807, 2.05) is 29.2 Å². The van der Waals surface area contributed by atoms with Crippen molar-refractivity contribution in [2.75, 3.05) is 32.0 Å². The molecule has 0 bridgehead atoms. The van der Waals surface area contributed by atoms with E-state index in [1.165, 1.54) is 44.3 Å². The summed E-state index contributed by atoms with van der Waals surface area (Å²) in [4.78, 5) is 16.8. The molecule has 1 N–H and O–H groups in total. The van der Waals surface area contributed by atoms with Crippen LogP contribution >= 0.6 is 0 Å². The van der Waals surface area contributed by atoms with Gasteiger partial charge in [0.2, 0.25) is 5.95 Å². The highest BCUT2D eigenvalue weighted by Crippen LogP contribution is 2.41. The smallest absolute Gasteiger partial charge is 0.222 e. The number of hydrogen-bond donors (Lipinski definition) is 1. The Morgan fingerprint density at radius 1 is 1.10 bits per heavy atom. The summed E-state index contributed by atoms with van der Waals surface area (Å²) >= 11 is 0. The number of allylic oxidation sites excluding steroid dienone is 1. The van der Waals surface area contributed by atoms with E-state index in [0.717, 1.165) is 47.1 Å². The average molecular weight is 402 g/mol. The predicted octanol–water partition coefficient (Wildman–Crippen LogP) is 3.14. The van der Waals surface area contributed by atoms with Gasteiger partial charge in [0.25, 0.3) is 0 Å². The van der Waals surface area contributed by atoms with E-state index in [-0.39, 0.29) is 0 Å². The summed E-state index contributed by atoms with van der Waals surface area (Å²) in [5.74, 6) is 2.09. The molecule has 0 spiro atoms. The number of aromatic nitrogens is 5. The number of hydrogen-bond acceptors (Lipinski definition) is 6. The Labute approximate surface area is 176 Å². The fraction of sp³-hybridized carbons (Fsp3) is 0.478. The largest absolute Gasteiger partial charge is 0.354 e. The van der Waals surface area contributed by atoms with Crippen molar-refractivity contribution in [1.29, 1.82) is 0 Å². The highest BCUT2D eigenvalue weighted by molar-refractivity contribution is 5.82. The summed E-state index contributed by atoms with van der Waals surface area (Å²) in [5, 5.41) is 7.94. The van der Waals surface area contributed by atoms with E-state index in [1.54, 1.807) is 0 Å². The van der Waals surface area contributed by atoms with Gasteiger partial charge in [-0.25, -0.2) is 19.5 Å². The minimum absolute atomic E-state index is 0.636. The second kappa shape index (κ2) is 7.16. The van der Waals surface area contributed by atoms with Crippen LogP contribution in [0.4, 0.5) is 5.95 Å². The third-order valence-electron chi connectivity index (χ3n) is 6.73. The number of fused-ring (bicyclic) bond motifs is 2. The van der Waals surface area contributed by atoms with E-state index in [9.17, 15) is 0 Å². The summed E-state index contributed by atoms with van der Waals surface area (Å²) in [7, 11) is 2.20. The van der Waals surface area contributed by atoms with Crippen molar-refractivity contribution in [3.05, 3.63) is 53.2 Å². The van der Waals surface area contributed by atoms with Crippen LogP contribution in [0, 0.1) is 5.92 Å². The van der Waals surface area contributed by atoms with Crippen LogP contribution in [-0.2, 0) is 6.42 Å². The topological polar surface area (TPSA) is 71.2 Å². The molecule has 2 fully saturated rings. The third-order valence-corrected chi connectivity index (χ3v) is 6.73. The van der Waals surface area contributed by atoms with Crippen molar-refractivity contribution in [3.8, 4) is 0 Å². The molecule has 1 aliphatic heterocycles. The Morgan fingerprint density at radius 2 is 1.97 bits per heavy atom. The molecule has 1 saturated carbocycles. The summed E-state index contributed by atoms with van der Waals surface area (Å²) in [6.45, 7) is 3.32. The van der Waals surface area contributed by atoms with Gasteiger partial charge in [-0.2, -0.15) is 5.10 Å². The quantitative estimate of drug-likeness (QED) is 0.708. The molecule has 6 rings (SSSR count). The summed E-state index contributed by atoms with van der Waals surface area (Å²) < 4.78 is 1.89. The molecule has 7 heteroatoms. The zero-order chi connectivity index (χ0) is 20.1. The summed E-state index contributed by atoms with van der Waals surface area (Å²) in [5.41, 5.74) is 6.58. The Kier molecular flexibility index (Phi) is 4.30. The van der Waals surface area contributed by atoms with E-state index in [4.69, 9.17) is 9.97 Å². The van der Waals surface area contributed by atoms with Crippen molar-refractivity contribution < 1.29 is 0 Å². The fourth-order valence-corrected chi connectivity index (χ4v) is 4.65. The van der Waals surface area contributed by atoms with E-state index in [0.29, 0.717) is 11.8 Å². The van der Waals surface area contributed by atoms with Gasteiger partial charge in [0.15, 0.2) is 5.65 Å². The molecule has 4 heterocycles. The van der Waals surface area contributed by atoms with Gasteiger partial charge in [-0.1, -0.05) is 6.08 Å². The van der Waals surface area contributed by atoms with Crippen LogP contribution < -0.4 is 5.32 Å². The Bertz CT molecular complexity index is 1120. The van der Waals surface area contributed by atoms with Crippen molar-refractivity contribution in [2.24, 2.45) is 5.92 Å². The number of anilines is 1. The fourth-order valence-electron chi connectivity index (χ4n) is 4.65. The first-order valence-electron chi connectivity index (χ1n) is 11.1. The van der Waals surface area contributed by atoms with Crippen LogP contribution in [-0.4, -0.2) is 56.1 Å². The minimum Gasteiger partial charge on any atom is -0.354 e. The molecule has 30 heavy (non-hydrogen) atoms. The van der Waals surface area contributed by atoms with Crippen LogP contribution in [0.25, 0.3) is 11.2 Å². The van der Waals surface area contributed by atoms with Crippen molar-refractivity contribution in [1.82, 2.24) is 29.5 Å². The van der Waals surface area contributed by atoms with Crippen LogP contribution in [0.2, 0.25) is 0 Å². The van der Waals surface area contributed by atoms with Crippen LogP contribution in [0.1, 0.15) is 54.1 Å². The molecule has 2 aliphatic carbocycles. The van der Waals surface area contributed by atoms with E-state index in [2.05, 4.69) is 33.4 Å². The lowest BCUT2D eigenvalue weighted by Crippen LogP contribution is -2.33. The molecule has 154 valence electrons. The second-order valence-corrected chi connectivity index (χ2v) is 8.96. The van der Waals surface area contributed by atoms with Gasteiger partial charge >= 0.3 is 0 Å². The molecule has 7 nitrogen and oxygen atoms in total.